The number of hydrogen-bond acceptors (Lipinski definition) is 5. The Morgan fingerprint density at radius 2 is 1.53 bits per heavy atom. The van der Waals surface area contributed by atoms with Crippen LogP contribution < -0.4 is 20.3 Å². The van der Waals surface area contributed by atoms with Crippen molar-refractivity contribution >= 4 is 28.4 Å². The van der Waals surface area contributed by atoms with E-state index in [4.69, 9.17) is 9.47 Å². The van der Waals surface area contributed by atoms with E-state index in [1.807, 2.05) is 43.3 Å². The molecule has 7 heteroatoms. The maximum absolute atomic E-state index is 12.2. The smallest absolute Gasteiger partial charge is 0.279 e. The zero-order valence-electron chi connectivity index (χ0n) is 18.1. The van der Waals surface area contributed by atoms with Gasteiger partial charge in [0.25, 0.3) is 5.91 Å². The molecule has 1 unspecified atom stereocenters. The highest BCUT2D eigenvalue weighted by molar-refractivity contribution is 5.98. The first-order chi connectivity index (χ1) is 15.5. The molecular weight excluding hydrogens is 408 g/mol. The maximum Gasteiger partial charge on any atom is 0.279 e. The fourth-order valence-corrected chi connectivity index (χ4v) is 3.07. The van der Waals surface area contributed by atoms with Gasteiger partial charge in [0.2, 0.25) is 5.91 Å². The van der Waals surface area contributed by atoms with E-state index in [-0.39, 0.29) is 18.6 Å². The van der Waals surface area contributed by atoms with Gasteiger partial charge in [0.05, 0.1) is 6.61 Å². The fourth-order valence-electron chi connectivity index (χ4n) is 3.07. The molecule has 0 aliphatic carbocycles. The van der Waals surface area contributed by atoms with Crippen LogP contribution in [0.5, 0.6) is 11.5 Å². The highest BCUT2D eigenvalue weighted by Gasteiger charge is 2.16. The van der Waals surface area contributed by atoms with Crippen LogP contribution in [-0.4, -0.2) is 30.3 Å². The second-order valence-corrected chi connectivity index (χ2v) is 7.19. The molecule has 1 atom stereocenters. The summed E-state index contributed by atoms with van der Waals surface area (Å²) in [5.41, 5.74) is 5.16. The van der Waals surface area contributed by atoms with E-state index < -0.39 is 17.9 Å². The molecule has 3 rings (SSSR count). The van der Waals surface area contributed by atoms with Gasteiger partial charge >= 0.3 is 0 Å². The lowest BCUT2D eigenvalue weighted by Gasteiger charge is -2.15. The van der Waals surface area contributed by atoms with Crippen molar-refractivity contribution in [1.29, 1.82) is 0 Å². The Morgan fingerprint density at radius 3 is 2.25 bits per heavy atom. The van der Waals surface area contributed by atoms with E-state index in [1.165, 1.54) is 0 Å². The normalized spacial score (nSPS) is 11.4. The SMILES string of the molecule is CCOc1ccc(C(=O)CCC(=O)NNC(=O)C(C)Oc2ccc3ccccc3c2)cc1. The Morgan fingerprint density at radius 1 is 0.844 bits per heavy atom. The molecule has 0 bridgehead atoms. The minimum Gasteiger partial charge on any atom is -0.494 e. The van der Waals surface area contributed by atoms with Gasteiger partial charge in [-0.15, -0.1) is 0 Å². The first-order valence-electron chi connectivity index (χ1n) is 10.5. The second kappa shape index (κ2) is 10.9. The fraction of sp³-hybridized carbons (Fsp3) is 0.240. The highest BCUT2D eigenvalue weighted by atomic mass is 16.5. The Labute approximate surface area is 186 Å². The lowest BCUT2D eigenvalue weighted by Crippen LogP contribution is -2.47. The van der Waals surface area contributed by atoms with Crippen LogP contribution in [0.3, 0.4) is 0 Å². The number of hydrogen-bond donors (Lipinski definition) is 2. The average Bonchev–Trinajstić information content (AvgIpc) is 2.81. The Kier molecular flexibility index (Phi) is 7.80. The van der Waals surface area contributed by atoms with Crippen LogP contribution >= 0.6 is 0 Å². The molecule has 2 amide bonds. The first-order valence-corrected chi connectivity index (χ1v) is 10.5. The van der Waals surface area contributed by atoms with E-state index >= 15 is 0 Å². The van der Waals surface area contributed by atoms with Crippen molar-refractivity contribution in [1.82, 2.24) is 10.9 Å². The Hall–Kier alpha value is -3.87. The molecule has 0 saturated carbocycles. The summed E-state index contributed by atoms with van der Waals surface area (Å²) >= 11 is 0. The Bertz CT molecular complexity index is 1090. The van der Waals surface area contributed by atoms with Crippen LogP contribution in [0.2, 0.25) is 0 Å². The molecule has 0 spiro atoms. The number of Topliss-reactive ketones (excluding diaryl/α,β-unsaturated/α-hetero) is 1. The molecule has 0 aliphatic rings. The number of benzene rings is 3. The van der Waals surface area contributed by atoms with E-state index in [9.17, 15) is 14.4 Å². The average molecular weight is 434 g/mol. The molecular formula is C25H26N2O5. The van der Waals surface area contributed by atoms with Crippen LogP contribution in [0.4, 0.5) is 0 Å². The number of hydrazine groups is 1. The highest BCUT2D eigenvalue weighted by Crippen LogP contribution is 2.21. The van der Waals surface area contributed by atoms with Crippen LogP contribution in [0, 0.1) is 0 Å². The minimum absolute atomic E-state index is 0.0266. The molecule has 0 saturated heterocycles. The summed E-state index contributed by atoms with van der Waals surface area (Å²) < 4.78 is 11.0. The van der Waals surface area contributed by atoms with Crippen molar-refractivity contribution < 1.29 is 23.9 Å². The summed E-state index contributed by atoms with van der Waals surface area (Å²) in [5, 5.41) is 2.08. The molecule has 0 fully saturated rings. The van der Waals surface area contributed by atoms with Gasteiger partial charge in [-0.25, -0.2) is 0 Å². The summed E-state index contributed by atoms with van der Waals surface area (Å²) in [7, 11) is 0. The summed E-state index contributed by atoms with van der Waals surface area (Å²) in [6, 6.07) is 20.2. The molecule has 0 aromatic heterocycles. The van der Waals surface area contributed by atoms with Gasteiger partial charge in [0.1, 0.15) is 11.5 Å². The Balaban J connectivity index is 1.42. The third-order valence-corrected chi connectivity index (χ3v) is 4.79. The number of amides is 2. The van der Waals surface area contributed by atoms with Crippen LogP contribution in [0.15, 0.2) is 66.7 Å². The van der Waals surface area contributed by atoms with Crippen molar-refractivity contribution in [3.63, 3.8) is 0 Å². The maximum atomic E-state index is 12.2. The predicted octanol–water partition coefficient (Wildman–Crippen LogP) is 3.82. The van der Waals surface area contributed by atoms with Gasteiger partial charge in [0, 0.05) is 18.4 Å². The zero-order chi connectivity index (χ0) is 22.9. The topological polar surface area (TPSA) is 93.7 Å². The molecule has 0 heterocycles. The van der Waals surface area contributed by atoms with Crippen LogP contribution in [0.1, 0.15) is 37.0 Å². The molecule has 3 aromatic rings. The summed E-state index contributed by atoms with van der Waals surface area (Å²) in [4.78, 5) is 36.5. The molecule has 166 valence electrons. The zero-order valence-corrected chi connectivity index (χ0v) is 18.1. The van der Waals surface area contributed by atoms with Crippen molar-refractivity contribution in [3.8, 4) is 11.5 Å². The molecule has 32 heavy (non-hydrogen) atoms. The van der Waals surface area contributed by atoms with Gasteiger partial charge in [-0.1, -0.05) is 30.3 Å². The third kappa shape index (κ3) is 6.31. The summed E-state index contributed by atoms with van der Waals surface area (Å²) in [6.07, 6.45) is -0.840. The molecule has 0 aliphatic heterocycles. The predicted molar refractivity (Wildman–Crippen MR) is 121 cm³/mol. The number of fused-ring (bicyclic) bond motifs is 1. The second-order valence-electron chi connectivity index (χ2n) is 7.19. The van der Waals surface area contributed by atoms with E-state index in [0.29, 0.717) is 23.7 Å². The van der Waals surface area contributed by atoms with Crippen LogP contribution in [-0.2, 0) is 9.59 Å². The lowest BCUT2D eigenvalue weighted by atomic mass is 10.1. The third-order valence-electron chi connectivity index (χ3n) is 4.79. The van der Waals surface area contributed by atoms with Crippen molar-refractivity contribution in [2.75, 3.05) is 6.61 Å². The van der Waals surface area contributed by atoms with Crippen molar-refractivity contribution in [2.24, 2.45) is 0 Å². The first kappa shape index (κ1) is 22.8. The van der Waals surface area contributed by atoms with E-state index in [1.54, 1.807) is 37.3 Å². The summed E-state index contributed by atoms with van der Waals surface area (Å²) in [6.45, 7) is 4.02. The van der Waals surface area contributed by atoms with Gasteiger partial charge < -0.3 is 9.47 Å². The van der Waals surface area contributed by atoms with Crippen molar-refractivity contribution in [2.45, 2.75) is 32.8 Å². The monoisotopic (exact) mass is 434 g/mol. The van der Waals surface area contributed by atoms with Gasteiger partial charge in [-0.05, 0) is 61.0 Å². The molecule has 2 N–H and O–H groups in total. The summed E-state index contributed by atoms with van der Waals surface area (Å²) in [5.74, 6) is 0.116. The quantitative estimate of drug-likeness (QED) is 0.395. The minimum atomic E-state index is -0.818. The number of ether oxygens (including phenoxy) is 2. The van der Waals surface area contributed by atoms with Gasteiger partial charge in [-0.2, -0.15) is 0 Å². The number of rotatable bonds is 9. The molecule has 3 aromatic carbocycles. The molecule has 7 nitrogen and oxygen atoms in total. The lowest BCUT2D eigenvalue weighted by molar-refractivity contribution is -0.132. The number of ketones is 1. The number of carbonyl (C=O) groups excluding carboxylic acids is 3. The molecule has 0 radical (unpaired) electrons. The standard InChI is InChI=1S/C25H26N2O5/c1-3-31-21-11-9-19(10-12-21)23(28)14-15-24(29)26-27-25(30)17(2)32-22-13-8-18-6-4-5-7-20(18)16-22/h4-13,16-17H,3,14-15H2,1-2H3,(H,26,29)(H,27,30). The van der Waals surface area contributed by atoms with E-state index in [2.05, 4.69) is 10.9 Å². The number of carbonyl (C=O) groups is 3. The van der Waals surface area contributed by atoms with Gasteiger partial charge in [0.15, 0.2) is 11.9 Å². The van der Waals surface area contributed by atoms with Crippen LogP contribution in [0.25, 0.3) is 10.8 Å². The van der Waals surface area contributed by atoms with E-state index in [0.717, 1.165) is 10.8 Å². The van der Waals surface area contributed by atoms with Gasteiger partial charge in [-0.3, -0.25) is 25.2 Å². The largest absolute Gasteiger partial charge is 0.494 e. The number of nitrogens with one attached hydrogen (secondary N) is 2. The van der Waals surface area contributed by atoms with Crippen molar-refractivity contribution in [3.05, 3.63) is 72.3 Å².